The average Bonchev–Trinajstić information content (AvgIpc) is 2.94. The van der Waals surface area contributed by atoms with Crippen molar-refractivity contribution in [2.24, 2.45) is 0 Å². The topological polar surface area (TPSA) is 87.7 Å². The molecule has 1 aliphatic rings. The van der Waals surface area contributed by atoms with E-state index in [1.165, 1.54) is 12.4 Å². The summed E-state index contributed by atoms with van der Waals surface area (Å²) in [5, 5.41) is 5.61. The molecule has 0 aliphatic heterocycles. The zero-order valence-corrected chi connectivity index (χ0v) is 14.4. The summed E-state index contributed by atoms with van der Waals surface area (Å²) >= 11 is 3.54. The second kappa shape index (κ2) is 7.27. The highest BCUT2D eigenvalue weighted by Gasteiger charge is 2.24. The van der Waals surface area contributed by atoms with Crippen molar-refractivity contribution in [3.63, 3.8) is 0 Å². The molecule has 3 rings (SSSR count). The number of rotatable bonds is 4. The lowest BCUT2D eigenvalue weighted by Crippen LogP contribution is -2.38. The predicted molar refractivity (Wildman–Crippen MR) is 91.1 cm³/mol. The van der Waals surface area contributed by atoms with Gasteiger partial charge in [0.15, 0.2) is 0 Å². The first kappa shape index (κ1) is 16.2. The number of hydrogen-bond donors (Lipinski definition) is 2. The number of aryl methyl sites for hydroxylation is 1. The summed E-state index contributed by atoms with van der Waals surface area (Å²) in [5.74, 6) is -0.275. The Bertz CT molecular complexity index is 735. The third-order valence-electron chi connectivity index (χ3n) is 3.79. The van der Waals surface area contributed by atoms with Gasteiger partial charge in [-0.1, -0.05) is 11.8 Å². The number of aromatic nitrogens is 3. The number of nitrogens with one attached hydrogen (secondary N) is 2. The van der Waals surface area contributed by atoms with Gasteiger partial charge in [0.25, 0.3) is 11.5 Å². The molecule has 122 valence electrons. The van der Waals surface area contributed by atoms with Crippen LogP contribution in [0.3, 0.4) is 0 Å². The molecule has 1 fully saturated rings. The van der Waals surface area contributed by atoms with Gasteiger partial charge in [-0.15, -0.1) is 11.3 Å². The quantitative estimate of drug-likeness (QED) is 0.884. The molecule has 1 amide bonds. The summed E-state index contributed by atoms with van der Waals surface area (Å²) in [6, 6.07) is 1.38. The highest BCUT2D eigenvalue weighted by molar-refractivity contribution is 8.01. The molecule has 8 heteroatoms. The molecule has 23 heavy (non-hydrogen) atoms. The Morgan fingerprint density at radius 3 is 2.83 bits per heavy atom. The monoisotopic (exact) mass is 350 g/mol. The van der Waals surface area contributed by atoms with Crippen LogP contribution in [0.4, 0.5) is 0 Å². The van der Waals surface area contributed by atoms with Gasteiger partial charge < -0.3 is 10.3 Å². The van der Waals surface area contributed by atoms with Gasteiger partial charge in [0, 0.05) is 28.4 Å². The van der Waals surface area contributed by atoms with E-state index in [0.29, 0.717) is 5.25 Å². The van der Waals surface area contributed by atoms with Crippen molar-refractivity contribution in [3.8, 4) is 0 Å². The molecule has 2 aromatic heterocycles. The molecular weight excluding hydrogens is 332 g/mol. The summed E-state index contributed by atoms with van der Waals surface area (Å²) in [5.41, 5.74) is 0.927. The fraction of sp³-hybridized carbons (Fsp3) is 0.467. The van der Waals surface area contributed by atoms with Crippen molar-refractivity contribution in [2.45, 2.75) is 48.2 Å². The molecule has 6 nitrogen and oxygen atoms in total. The number of nitrogens with zero attached hydrogens (tertiary/aromatic N) is 2. The van der Waals surface area contributed by atoms with Crippen LogP contribution < -0.4 is 10.9 Å². The molecule has 1 saturated carbocycles. The molecule has 0 bridgehead atoms. The van der Waals surface area contributed by atoms with E-state index in [-0.39, 0.29) is 23.2 Å². The van der Waals surface area contributed by atoms with E-state index >= 15 is 0 Å². The van der Waals surface area contributed by atoms with Crippen LogP contribution in [0.2, 0.25) is 0 Å². The average molecular weight is 350 g/mol. The Hall–Kier alpha value is -1.67. The van der Waals surface area contributed by atoms with E-state index in [2.05, 4.69) is 25.6 Å². The zero-order valence-electron chi connectivity index (χ0n) is 12.7. The van der Waals surface area contributed by atoms with E-state index in [1.54, 1.807) is 11.3 Å². The standard InChI is InChI=1S/C15H18N4O2S2/c1-9-7-22-15(18-9)23-11-4-2-10(3-5-11)19-14(21)12-6-13(20)17-8-16-12/h6-8,10-11H,2-5H2,1H3,(H,19,21)(H,16,17,20). The van der Waals surface area contributed by atoms with Gasteiger partial charge in [-0.25, -0.2) is 9.97 Å². The summed E-state index contributed by atoms with van der Waals surface area (Å²) in [6.07, 6.45) is 5.24. The van der Waals surface area contributed by atoms with Gasteiger partial charge >= 0.3 is 0 Å². The van der Waals surface area contributed by atoms with Gasteiger partial charge in [0.05, 0.1) is 6.33 Å². The molecule has 0 aromatic carbocycles. The van der Waals surface area contributed by atoms with E-state index in [1.807, 2.05) is 18.7 Å². The van der Waals surface area contributed by atoms with E-state index in [9.17, 15) is 9.59 Å². The van der Waals surface area contributed by atoms with Crippen LogP contribution in [0, 0.1) is 6.92 Å². The maximum atomic E-state index is 12.1. The lowest BCUT2D eigenvalue weighted by molar-refractivity contribution is 0.0922. The van der Waals surface area contributed by atoms with Crippen LogP contribution in [0.5, 0.6) is 0 Å². The summed E-state index contributed by atoms with van der Waals surface area (Å²) in [6.45, 7) is 2.01. The fourth-order valence-corrected chi connectivity index (χ4v) is 4.89. The third kappa shape index (κ3) is 4.42. The third-order valence-corrected chi connectivity index (χ3v) is 6.21. The van der Waals surface area contributed by atoms with Crippen LogP contribution >= 0.6 is 23.1 Å². The molecule has 2 N–H and O–H groups in total. The largest absolute Gasteiger partial charge is 0.348 e. The molecule has 0 unspecified atom stereocenters. The molecule has 0 atom stereocenters. The Balaban J connectivity index is 1.49. The SMILES string of the molecule is Cc1csc(SC2CCC(NC(=O)c3cc(=O)[nH]cn3)CC2)n1. The van der Waals surface area contributed by atoms with Crippen molar-refractivity contribution >= 4 is 29.0 Å². The van der Waals surface area contributed by atoms with Crippen LogP contribution in [-0.4, -0.2) is 32.2 Å². The molecule has 0 radical (unpaired) electrons. The second-order valence-corrected chi connectivity index (χ2v) is 8.02. The minimum atomic E-state index is -0.316. The molecule has 0 spiro atoms. The molecular formula is C15H18N4O2S2. The minimum Gasteiger partial charge on any atom is -0.348 e. The van der Waals surface area contributed by atoms with E-state index < -0.39 is 0 Å². The second-order valence-electron chi connectivity index (χ2n) is 5.62. The van der Waals surface area contributed by atoms with Crippen LogP contribution in [0.15, 0.2) is 26.9 Å². The molecule has 2 aromatic rings. The number of thioether (sulfide) groups is 1. The summed E-state index contributed by atoms with van der Waals surface area (Å²) < 4.78 is 1.13. The lowest BCUT2D eigenvalue weighted by Gasteiger charge is -2.28. The van der Waals surface area contributed by atoms with Crippen molar-refractivity contribution < 1.29 is 4.79 Å². The van der Waals surface area contributed by atoms with E-state index in [0.717, 1.165) is 35.7 Å². The van der Waals surface area contributed by atoms with Gasteiger partial charge in [-0.2, -0.15) is 0 Å². The summed E-state index contributed by atoms with van der Waals surface area (Å²) in [4.78, 5) is 34.1. The molecule has 0 saturated heterocycles. The number of carbonyl (C=O) groups excluding carboxylic acids is 1. The first-order valence-electron chi connectivity index (χ1n) is 7.54. The number of thiazole rings is 1. The van der Waals surface area contributed by atoms with Crippen molar-refractivity contribution in [1.29, 1.82) is 0 Å². The maximum Gasteiger partial charge on any atom is 0.270 e. The van der Waals surface area contributed by atoms with Crippen molar-refractivity contribution in [1.82, 2.24) is 20.3 Å². The van der Waals surface area contributed by atoms with Crippen molar-refractivity contribution in [2.75, 3.05) is 0 Å². The Morgan fingerprint density at radius 1 is 1.39 bits per heavy atom. The van der Waals surface area contributed by atoms with Gasteiger partial charge in [-0.05, 0) is 32.6 Å². The highest BCUT2D eigenvalue weighted by Crippen LogP contribution is 2.35. The van der Waals surface area contributed by atoms with Crippen molar-refractivity contribution in [3.05, 3.63) is 39.5 Å². The Morgan fingerprint density at radius 2 is 2.17 bits per heavy atom. The van der Waals surface area contributed by atoms with Crippen LogP contribution in [0.25, 0.3) is 0 Å². The number of H-pyrrole nitrogens is 1. The molecule has 2 heterocycles. The number of aromatic amines is 1. The zero-order chi connectivity index (χ0) is 16.2. The van der Waals surface area contributed by atoms with E-state index in [4.69, 9.17) is 0 Å². The predicted octanol–water partition coefficient (Wildman–Crippen LogP) is 2.37. The van der Waals surface area contributed by atoms with Crippen LogP contribution in [-0.2, 0) is 0 Å². The summed E-state index contributed by atoms with van der Waals surface area (Å²) in [7, 11) is 0. The van der Waals surface area contributed by atoms with Crippen LogP contribution in [0.1, 0.15) is 41.9 Å². The van der Waals surface area contributed by atoms with Gasteiger partial charge in [0.1, 0.15) is 10.0 Å². The first-order chi connectivity index (χ1) is 11.1. The maximum absolute atomic E-state index is 12.1. The smallest absolute Gasteiger partial charge is 0.270 e. The number of hydrogen-bond acceptors (Lipinski definition) is 6. The van der Waals surface area contributed by atoms with Gasteiger partial charge in [0.2, 0.25) is 0 Å². The lowest BCUT2D eigenvalue weighted by atomic mass is 9.95. The highest BCUT2D eigenvalue weighted by atomic mass is 32.2. The number of carbonyl (C=O) groups is 1. The molecule has 1 aliphatic carbocycles. The Kier molecular flexibility index (Phi) is 5.12. The Labute approximate surface area is 142 Å². The first-order valence-corrected chi connectivity index (χ1v) is 9.30. The normalized spacial score (nSPS) is 21.1. The number of amides is 1. The fourth-order valence-electron chi connectivity index (χ4n) is 2.61. The van der Waals surface area contributed by atoms with Gasteiger partial charge in [-0.3, -0.25) is 9.59 Å². The minimum absolute atomic E-state index is 0.151.